The average molecular weight is 387 g/mol. The van der Waals surface area contributed by atoms with Gasteiger partial charge in [0.2, 0.25) is 0 Å². The maximum atomic E-state index is 12.6. The number of carbonyl (C=O) groups is 3. The van der Waals surface area contributed by atoms with Crippen molar-refractivity contribution in [2.24, 2.45) is 5.92 Å². The normalized spacial score (nSPS) is 24.6. The van der Waals surface area contributed by atoms with Gasteiger partial charge in [-0.25, -0.2) is 14.6 Å². The number of fused-ring (bicyclic) bond motifs is 1. The topological polar surface area (TPSA) is 60.9 Å². The number of urea groups is 1. The van der Waals surface area contributed by atoms with E-state index in [2.05, 4.69) is 0 Å². The van der Waals surface area contributed by atoms with E-state index in [0.29, 0.717) is 17.4 Å². The second-order valence-electron chi connectivity index (χ2n) is 6.81. The molecule has 1 atom stereocenters. The van der Waals surface area contributed by atoms with Gasteiger partial charge in [0.05, 0.1) is 6.67 Å². The van der Waals surface area contributed by atoms with Crippen molar-refractivity contribution in [3.8, 4) is 0 Å². The lowest BCUT2D eigenvalue weighted by atomic mass is 9.96. The zero-order chi connectivity index (χ0) is 18.6. The highest BCUT2D eigenvalue weighted by molar-refractivity contribution is 7.10. The van der Waals surface area contributed by atoms with Crippen LogP contribution < -0.4 is 0 Å². The van der Waals surface area contributed by atoms with Crippen molar-refractivity contribution in [3.63, 3.8) is 0 Å². The molecule has 0 radical (unpaired) electrons. The predicted molar refractivity (Wildman–Crippen MR) is 85.1 cm³/mol. The summed E-state index contributed by atoms with van der Waals surface area (Å²) < 4.78 is 37.8. The highest BCUT2D eigenvalue weighted by atomic mass is 32.1. The van der Waals surface area contributed by atoms with E-state index in [9.17, 15) is 27.6 Å². The molecule has 0 bridgehead atoms. The number of imide groups is 2. The van der Waals surface area contributed by atoms with E-state index in [4.69, 9.17) is 0 Å². The Hall–Kier alpha value is -1.94. The molecule has 3 aliphatic rings. The van der Waals surface area contributed by atoms with E-state index < -0.39 is 30.6 Å². The van der Waals surface area contributed by atoms with Crippen LogP contribution in [0.4, 0.5) is 18.0 Å². The van der Waals surface area contributed by atoms with Crippen molar-refractivity contribution in [1.29, 1.82) is 0 Å². The first-order chi connectivity index (χ1) is 12.3. The Bertz CT molecular complexity index is 774. The van der Waals surface area contributed by atoms with Crippen LogP contribution in [0.15, 0.2) is 11.4 Å². The van der Waals surface area contributed by atoms with Gasteiger partial charge in [-0.3, -0.25) is 14.5 Å². The van der Waals surface area contributed by atoms with Gasteiger partial charge in [-0.2, -0.15) is 13.2 Å². The van der Waals surface area contributed by atoms with Crippen LogP contribution >= 0.6 is 11.3 Å². The lowest BCUT2D eigenvalue weighted by Gasteiger charge is -2.37. The minimum Gasteiger partial charge on any atom is -0.278 e. The molecule has 0 N–H and O–H groups in total. The minimum atomic E-state index is -4.74. The highest BCUT2D eigenvalue weighted by Gasteiger charge is 2.50. The van der Waals surface area contributed by atoms with E-state index in [1.165, 1.54) is 10.4 Å². The summed E-state index contributed by atoms with van der Waals surface area (Å²) in [6.07, 6.45) is -1.91. The van der Waals surface area contributed by atoms with Gasteiger partial charge in [0.1, 0.15) is 6.54 Å². The molecule has 1 aliphatic carbocycles. The fourth-order valence-electron chi connectivity index (χ4n) is 3.70. The van der Waals surface area contributed by atoms with Crippen LogP contribution in [-0.4, -0.2) is 58.5 Å². The van der Waals surface area contributed by atoms with Crippen molar-refractivity contribution in [1.82, 2.24) is 14.7 Å². The van der Waals surface area contributed by atoms with Gasteiger partial charge in [-0.15, -0.1) is 11.3 Å². The van der Waals surface area contributed by atoms with Crippen LogP contribution in [-0.2, 0) is 16.0 Å². The van der Waals surface area contributed by atoms with Crippen LogP contribution in [0.25, 0.3) is 0 Å². The smallest absolute Gasteiger partial charge is 0.278 e. The van der Waals surface area contributed by atoms with Gasteiger partial charge in [-0.05, 0) is 42.2 Å². The number of alkyl halides is 3. The van der Waals surface area contributed by atoms with E-state index in [-0.39, 0.29) is 17.6 Å². The molecule has 3 heterocycles. The first-order valence-electron chi connectivity index (χ1n) is 8.30. The molecule has 4 amide bonds. The Morgan fingerprint density at radius 2 is 1.81 bits per heavy atom. The van der Waals surface area contributed by atoms with Gasteiger partial charge in [0.15, 0.2) is 0 Å². The van der Waals surface area contributed by atoms with Gasteiger partial charge >= 0.3 is 24.0 Å². The number of nitrogens with zero attached hydrogens (tertiary/aromatic N) is 3. The molecule has 1 saturated carbocycles. The second kappa shape index (κ2) is 6.05. The second-order valence-corrected chi connectivity index (χ2v) is 7.81. The van der Waals surface area contributed by atoms with Crippen molar-refractivity contribution in [2.45, 2.75) is 31.5 Å². The highest BCUT2D eigenvalue weighted by Crippen LogP contribution is 2.48. The molecule has 0 aromatic carbocycles. The SMILES string of the molecule is O=C1C(=O)N(CC(F)(F)F)C(=O)N1CN1CCc2sccc2[C@@H]1C1CC1. The summed E-state index contributed by atoms with van der Waals surface area (Å²) in [6.45, 7) is -1.30. The number of carbonyl (C=O) groups excluding carboxylic acids is 3. The quantitative estimate of drug-likeness (QED) is 0.588. The van der Waals surface area contributed by atoms with Crippen LogP contribution in [0.2, 0.25) is 0 Å². The third-order valence-electron chi connectivity index (χ3n) is 4.98. The fraction of sp³-hybridized carbons (Fsp3) is 0.562. The molecule has 0 spiro atoms. The van der Waals surface area contributed by atoms with Gasteiger partial charge in [0, 0.05) is 17.5 Å². The molecule has 26 heavy (non-hydrogen) atoms. The molecule has 6 nitrogen and oxygen atoms in total. The maximum Gasteiger partial charge on any atom is 0.406 e. The van der Waals surface area contributed by atoms with E-state index >= 15 is 0 Å². The van der Waals surface area contributed by atoms with Crippen LogP contribution in [0, 0.1) is 5.92 Å². The number of hydrogen-bond acceptors (Lipinski definition) is 5. The monoisotopic (exact) mass is 387 g/mol. The summed E-state index contributed by atoms with van der Waals surface area (Å²) >= 11 is 1.67. The average Bonchev–Trinajstić information content (AvgIpc) is 3.26. The van der Waals surface area contributed by atoms with Gasteiger partial charge < -0.3 is 0 Å². The molecule has 4 rings (SSSR count). The standard InChI is InChI=1S/C16H16F3N3O3S/c17-16(18,19)7-21-13(23)14(24)22(15(21)25)8-20-5-3-11-10(4-6-26-11)12(20)9-1-2-9/h4,6,9,12H,1-3,5,7-8H2/t12-/m0/s1. The molecule has 10 heteroatoms. The fourth-order valence-corrected chi connectivity index (χ4v) is 4.61. The van der Waals surface area contributed by atoms with Crippen molar-refractivity contribution >= 4 is 29.2 Å². The zero-order valence-electron chi connectivity index (χ0n) is 13.7. The molecule has 140 valence electrons. The van der Waals surface area contributed by atoms with Gasteiger partial charge in [-0.1, -0.05) is 0 Å². The minimum absolute atomic E-state index is 0.0194. The van der Waals surface area contributed by atoms with E-state index in [1.807, 2.05) is 16.3 Å². The number of amides is 4. The zero-order valence-corrected chi connectivity index (χ0v) is 14.5. The Labute approximate surface area is 151 Å². The van der Waals surface area contributed by atoms with Crippen molar-refractivity contribution in [3.05, 3.63) is 21.9 Å². The lowest BCUT2D eigenvalue weighted by molar-refractivity contribution is -0.156. The molecule has 2 fully saturated rings. The molecule has 2 aliphatic heterocycles. The Balaban J connectivity index is 1.54. The summed E-state index contributed by atoms with van der Waals surface area (Å²) in [6, 6.07) is 0.879. The third kappa shape index (κ3) is 3.01. The molecular weight excluding hydrogens is 371 g/mol. The number of hydrogen-bond donors (Lipinski definition) is 0. The molecule has 1 saturated heterocycles. The Kier molecular flexibility index (Phi) is 4.07. The Morgan fingerprint density at radius 1 is 1.12 bits per heavy atom. The summed E-state index contributed by atoms with van der Waals surface area (Å²) in [7, 11) is 0. The van der Waals surface area contributed by atoms with Gasteiger partial charge in [0.25, 0.3) is 0 Å². The largest absolute Gasteiger partial charge is 0.406 e. The molecule has 1 aromatic rings. The Morgan fingerprint density at radius 3 is 2.46 bits per heavy atom. The summed E-state index contributed by atoms with van der Waals surface area (Å²) in [5.41, 5.74) is 1.17. The number of halogens is 3. The van der Waals surface area contributed by atoms with E-state index in [1.54, 1.807) is 11.3 Å². The number of thiophene rings is 1. The van der Waals surface area contributed by atoms with Crippen LogP contribution in [0.3, 0.4) is 0 Å². The predicted octanol–water partition coefficient (Wildman–Crippen LogP) is 2.37. The van der Waals surface area contributed by atoms with Crippen LogP contribution in [0.5, 0.6) is 0 Å². The number of rotatable bonds is 4. The first-order valence-corrected chi connectivity index (χ1v) is 9.18. The van der Waals surface area contributed by atoms with Crippen LogP contribution in [0.1, 0.15) is 29.3 Å². The molecule has 1 aromatic heterocycles. The first kappa shape index (κ1) is 17.5. The van der Waals surface area contributed by atoms with E-state index in [0.717, 1.165) is 19.3 Å². The summed E-state index contributed by atoms with van der Waals surface area (Å²) in [5, 5.41) is 2.00. The molecular formula is C16H16F3N3O3S. The summed E-state index contributed by atoms with van der Waals surface area (Å²) in [5.74, 6) is -2.19. The van der Waals surface area contributed by atoms with Crippen molar-refractivity contribution in [2.75, 3.05) is 19.8 Å². The van der Waals surface area contributed by atoms with Crippen molar-refractivity contribution < 1.29 is 27.6 Å². The molecule has 0 unspecified atom stereocenters. The maximum absolute atomic E-state index is 12.6. The summed E-state index contributed by atoms with van der Waals surface area (Å²) in [4.78, 5) is 40.0. The third-order valence-corrected chi connectivity index (χ3v) is 5.98. The lowest BCUT2D eigenvalue weighted by Crippen LogP contribution is -2.47.